The SMILES string of the molecule is NC(=N/C(=N\Cn1c2ccccc2c2ccc3c4ccccc4n(-c4ccccc4)c3c21)c1cccc(-n2c3ccccc3c3ccccc32)c1)c1ccccc1. The van der Waals surface area contributed by atoms with E-state index in [1.165, 1.54) is 32.3 Å². The molecular formula is C51H36N6. The molecule has 0 radical (unpaired) electrons. The maximum Gasteiger partial charge on any atom is 0.158 e. The standard InChI is InChI=1S/C51H36N6/c52-50(34-16-3-1-4-17-34)54-51(35-18-15-21-37(32-35)56-45-27-12-8-22-38(45)39-23-9-13-28-46(39)56)53-33-55-44-26-11-7-24-40(44)42-30-31-43-41-25-10-14-29-47(41)57(49(43)48(42)55)36-19-5-2-6-20-36/h1-32H,33H2,(H2,52,53,54). The van der Waals surface area contributed by atoms with Gasteiger partial charge in [-0.3, -0.25) is 0 Å². The average Bonchev–Trinajstić information content (AvgIpc) is 3.91. The summed E-state index contributed by atoms with van der Waals surface area (Å²) in [6, 6.07) is 68.0. The van der Waals surface area contributed by atoms with E-state index in [0.717, 1.165) is 55.6 Å². The Bertz CT molecular complexity index is 3330. The molecule has 0 aliphatic carbocycles. The van der Waals surface area contributed by atoms with Crippen molar-refractivity contribution in [2.45, 2.75) is 6.67 Å². The lowest BCUT2D eigenvalue weighted by Crippen LogP contribution is -2.16. The second kappa shape index (κ2) is 13.3. The van der Waals surface area contributed by atoms with E-state index in [4.69, 9.17) is 15.7 Å². The summed E-state index contributed by atoms with van der Waals surface area (Å²) in [5, 5.41) is 7.18. The van der Waals surface area contributed by atoms with Gasteiger partial charge in [-0.15, -0.1) is 0 Å². The molecular weight excluding hydrogens is 697 g/mol. The minimum absolute atomic E-state index is 0.319. The van der Waals surface area contributed by atoms with Crippen LogP contribution in [0.5, 0.6) is 0 Å². The van der Waals surface area contributed by atoms with Crippen molar-refractivity contribution in [1.29, 1.82) is 0 Å². The second-order valence-electron chi connectivity index (χ2n) is 14.4. The van der Waals surface area contributed by atoms with Gasteiger partial charge in [0, 0.05) is 54.8 Å². The Balaban J connectivity index is 1.15. The zero-order valence-corrected chi connectivity index (χ0v) is 31.0. The molecule has 0 spiro atoms. The first-order valence-electron chi connectivity index (χ1n) is 19.2. The average molecular weight is 733 g/mol. The third kappa shape index (κ3) is 5.26. The van der Waals surface area contributed by atoms with Gasteiger partial charge in [0.1, 0.15) is 12.5 Å². The first-order valence-corrected chi connectivity index (χ1v) is 19.2. The number of nitrogens with zero attached hydrogens (tertiary/aromatic N) is 5. The van der Waals surface area contributed by atoms with Gasteiger partial charge in [0.15, 0.2) is 5.84 Å². The van der Waals surface area contributed by atoms with Crippen LogP contribution in [0.3, 0.4) is 0 Å². The van der Waals surface area contributed by atoms with Crippen LogP contribution in [0.15, 0.2) is 204 Å². The second-order valence-corrected chi connectivity index (χ2v) is 14.4. The summed E-state index contributed by atoms with van der Waals surface area (Å²) < 4.78 is 7.06. The van der Waals surface area contributed by atoms with Crippen LogP contribution in [0.2, 0.25) is 0 Å². The first kappa shape index (κ1) is 32.7. The Morgan fingerprint density at radius 2 is 0.877 bits per heavy atom. The number of aromatic nitrogens is 3. The highest BCUT2D eigenvalue weighted by molar-refractivity contribution is 6.23. The number of nitrogens with two attached hydrogens (primary N) is 1. The molecule has 0 amide bonds. The largest absolute Gasteiger partial charge is 0.383 e. The summed E-state index contributed by atoms with van der Waals surface area (Å²) in [6.07, 6.45) is 0. The van der Waals surface area contributed by atoms with Gasteiger partial charge >= 0.3 is 0 Å². The van der Waals surface area contributed by atoms with Crippen LogP contribution >= 0.6 is 0 Å². The van der Waals surface area contributed by atoms with Gasteiger partial charge < -0.3 is 19.4 Å². The molecule has 6 nitrogen and oxygen atoms in total. The van der Waals surface area contributed by atoms with Crippen molar-refractivity contribution in [3.63, 3.8) is 0 Å². The quantitative estimate of drug-likeness (QED) is 0.134. The van der Waals surface area contributed by atoms with E-state index >= 15 is 0 Å². The van der Waals surface area contributed by atoms with Crippen LogP contribution < -0.4 is 5.73 Å². The number of benzene rings is 8. The molecule has 0 saturated carbocycles. The van der Waals surface area contributed by atoms with Gasteiger partial charge in [0.25, 0.3) is 0 Å². The molecule has 8 aromatic carbocycles. The third-order valence-electron chi connectivity index (χ3n) is 11.2. The van der Waals surface area contributed by atoms with Gasteiger partial charge in [-0.05, 0) is 48.5 Å². The van der Waals surface area contributed by atoms with E-state index in [1.807, 2.05) is 30.3 Å². The van der Waals surface area contributed by atoms with Crippen molar-refractivity contribution in [3.8, 4) is 11.4 Å². The topological polar surface area (TPSA) is 65.5 Å². The van der Waals surface area contributed by atoms with Crippen LogP contribution in [0.1, 0.15) is 11.1 Å². The molecule has 0 fully saturated rings. The molecule has 0 saturated heterocycles. The van der Waals surface area contributed by atoms with Crippen LogP contribution in [0, 0.1) is 0 Å². The summed E-state index contributed by atoms with van der Waals surface area (Å²) in [5.41, 5.74) is 17.5. The van der Waals surface area contributed by atoms with Gasteiger partial charge in [-0.1, -0.05) is 146 Å². The van der Waals surface area contributed by atoms with Crippen molar-refractivity contribution in [3.05, 3.63) is 205 Å². The van der Waals surface area contributed by atoms with Crippen molar-refractivity contribution in [2.75, 3.05) is 0 Å². The monoisotopic (exact) mass is 732 g/mol. The predicted octanol–water partition coefficient (Wildman–Crippen LogP) is 11.8. The Morgan fingerprint density at radius 3 is 1.53 bits per heavy atom. The third-order valence-corrected chi connectivity index (χ3v) is 11.2. The van der Waals surface area contributed by atoms with Crippen LogP contribution in [-0.2, 0) is 6.67 Å². The van der Waals surface area contributed by atoms with Crippen LogP contribution in [-0.4, -0.2) is 25.4 Å². The zero-order valence-electron chi connectivity index (χ0n) is 31.0. The summed E-state index contributed by atoms with van der Waals surface area (Å²) in [7, 11) is 0. The maximum absolute atomic E-state index is 6.80. The molecule has 0 aliphatic heterocycles. The number of rotatable bonds is 6. The van der Waals surface area contributed by atoms with Gasteiger partial charge in [-0.25, -0.2) is 9.98 Å². The van der Waals surface area contributed by atoms with E-state index in [0.29, 0.717) is 18.3 Å². The highest BCUT2D eigenvalue weighted by atomic mass is 15.1. The number of para-hydroxylation sites is 5. The number of fused-ring (bicyclic) bond motifs is 10. The lowest BCUT2D eigenvalue weighted by atomic mass is 10.1. The fraction of sp³-hybridized carbons (Fsp3) is 0.0196. The van der Waals surface area contributed by atoms with Crippen molar-refractivity contribution < 1.29 is 0 Å². The van der Waals surface area contributed by atoms with Crippen molar-refractivity contribution in [2.24, 2.45) is 15.7 Å². The molecule has 3 aromatic heterocycles. The smallest absolute Gasteiger partial charge is 0.158 e. The number of aliphatic imine (C=N–C) groups is 2. The lowest BCUT2D eigenvalue weighted by molar-refractivity contribution is 0.792. The highest BCUT2D eigenvalue weighted by Crippen LogP contribution is 2.40. The molecule has 2 N–H and O–H groups in total. The van der Waals surface area contributed by atoms with E-state index in [9.17, 15) is 0 Å². The number of amidine groups is 2. The first-order chi connectivity index (χ1) is 28.2. The van der Waals surface area contributed by atoms with Crippen LogP contribution in [0.4, 0.5) is 0 Å². The molecule has 0 aliphatic rings. The maximum atomic E-state index is 6.80. The minimum Gasteiger partial charge on any atom is -0.383 e. The molecule has 3 heterocycles. The van der Waals surface area contributed by atoms with E-state index in [-0.39, 0.29) is 0 Å². The summed E-state index contributed by atoms with van der Waals surface area (Å²) in [5.74, 6) is 0.964. The molecule has 57 heavy (non-hydrogen) atoms. The van der Waals surface area contributed by atoms with E-state index in [1.54, 1.807) is 0 Å². The lowest BCUT2D eigenvalue weighted by Gasteiger charge is -2.13. The minimum atomic E-state index is 0.319. The number of hydrogen-bond acceptors (Lipinski definition) is 1. The fourth-order valence-corrected chi connectivity index (χ4v) is 8.68. The fourth-order valence-electron chi connectivity index (χ4n) is 8.68. The van der Waals surface area contributed by atoms with Gasteiger partial charge in [0.2, 0.25) is 0 Å². The Hall–Kier alpha value is -7.70. The summed E-state index contributed by atoms with van der Waals surface area (Å²) in [6.45, 7) is 0.319. The molecule has 0 unspecified atom stereocenters. The highest BCUT2D eigenvalue weighted by Gasteiger charge is 2.21. The summed E-state index contributed by atoms with van der Waals surface area (Å²) in [4.78, 5) is 10.5. The van der Waals surface area contributed by atoms with Crippen molar-refractivity contribution in [1.82, 2.24) is 13.7 Å². The Morgan fingerprint density at radius 1 is 0.404 bits per heavy atom. The predicted molar refractivity (Wildman–Crippen MR) is 238 cm³/mol. The molecule has 0 bridgehead atoms. The normalized spacial score (nSPS) is 12.6. The molecule has 11 aromatic rings. The van der Waals surface area contributed by atoms with Gasteiger partial charge in [0.05, 0.1) is 33.1 Å². The van der Waals surface area contributed by atoms with Crippen molar-refractivity contribution >= 4 is 77.1 Å². The molecule has 0 atom stereocenters. The molecule has 6 heteroatoms. The molecule has 270 valence electrons. The summed E-state index contributed by atoms with van der Waals surface area (Å²) >= 11 is 0. The van der Waals surface area contributed by atoms with Crippen LogP contribution in [0.25, 0.3) is 76.8 Å². The van der Waals surface area contributed by atoms with E-state index < -0.39 is 0 Å². The van der Waals surface area contributed by atoms with Gasteiger partial charge in [-0.2, -0.15) is 0 Å². The number of hydrogen-bond donors (Lipinski definition) is 1. The zero-order chi connectivity index (χ0) is 37.9. The Kier molecular flexibility index (Phi) is 7.60. The molecule has 11 rings (SSSR count). The Labute approximate surface area is 328 Å². The van der Waals surface area contributed by atoms with E-state index in [2.05, 4.69) is 177 Å².